The number of sulfonamides is 1. The minimum atomic E-state index is -3.73. The topological polar surface area (TPSA) is 128 Å². The van der Waals surface area contributed by atoms with Crippen molar-refractivity contribution < 1.29 is 22.7 Å². The molecule has 1 aromatic carbocycles. The summed E-state index contributed by atoms with van der Waals surface area (Å²) in [6.45, 7) is 0. The third kappa shape index (κ3) is 3.25. The van der Waals surface area contributed by atoms with E-state index in [2.05, 4.69) is 10.6 Å². The van der Waals surface area contributed by atoms with E-state index in [1.54, 1.807) is 18.2 Å². The van der Waals surface area contributed by atoms with Crippen molar-refractivity contribution >= 4 is 22.0 Å². The zero-order valence-corrected chi connectivity index (χ0v) is 12.6. The Balaban J connectivity index is 1.71. The van der Waals surface area contributed by atoms with Gasteiger partial charge in [0.15, 0.2) is 0 Å². The summed E-state index contributed by atoms with van der Waals surface area (Å²) in [5.74, 6) is -0.0571. The lowest BCUT2D eigenvalue weighted by Gasteiger charge is -2.13. The summed E-state index contributed by atoms with van der Waals surface area (Å²) in [5.41, 5.74) is 0.897. The number of nitrogens with one attached hydrogen (secondary N) is 2. The summed E-state index contributed by atoms with van der Waals surface area (Å²) >= 11 is 0. The molecule has 2 aliphatic rings. The van der Waals surface area contributed by atoms with Gasteiger partial charge in [0, 0.05) is 12.5 Å². The van der Waals surface area contributed by atoms with Crippen LogP contribution in [-0.2, 0) is 19.6 Å². The normalized spacial score (nSPS) is 22.6. The zero-order valence-electron chi connectivity index (χ0n) is 11.8. The first-order valence-corrected chi connectivity index (χ1v) is 8.21. The molecule has 0 bridgehead atoms. The number of rotatable bonds is 3. The largest absolute Gasteiger partial charge is 0.486 e. The van der Waals surface area contributed by atoms with Crippen molar-refractivity contribution in [3.8, 4) is 0 Å². The van der Waals surface area contributed by atoms with E-state index in [0.29, 0.717) is 12.2 Å². The van der Waals surface area contributed by atoms with E-state index < -0.39 is 22.0 Å². The Bertz CT molecular complexity index is 840. The van der Waals surface area contributed by atoms with Gasteiger partial charge in [-0.25, -0.2) is 18.4 Å². The van der Waals surface area contributed by atoms with Crippen LogP contribution in [0, 0.1) is 0 Å². The van der Waals surface area contributed by atoms with Gasteiger partial charge in [-0.05, 0) is 23.8 Å². The predicted molar refractivity (Wildman–Crippen MR) is 79.1 cm³/mol. The fourth-order valence-corrected chi connectivity index (χ4v) is 2.79. The summed E-state index contributed by atoms with van der Waals surface area (Å²) in [4.78, 5) is 22.5. The van der Waals surface area contributed by atoms with Crippen LogP contribution in [0.25, 0.3) is 0 Å². The second-order valence-corrected chi connectivity index (χ2v) is 6.59. The number of hydrogen-bond donors (Lipinski definition) is 3. The van der Waals surface area contributed by atoms with Gasteiger partial charge in [-0.1, -0.05) is 12.1 Å². The zero-order chi connectivity index (χ0) is 16.6. The molecule has 120 valence electrons. The Morgan fingerprint density at radius 2 is 1.87 bits per heavy atom. The van der Waals surface area contributed by atoms with Crippen LogP contribution in [0.2, 0.25) is 0 Å². The Hall–Kier alpha value is -2.65. The molecule has 0 aliphatic carbocycles. The number of imide groups is 1. The highest BCUT2D eigenvalue weighted by Gasteiger charge is 2.26. The average molecular weight is 335 g/mol. The molecule has 1 aromatic rings. The number of nitrogens with two attached hydrogens (primary N) is 1. The number of carbonyl (C=O) groups is 2. The lowest BCUT2D eigenvalue weighted by Crippen LogP contribution is -2.22. The smallest absolute Gasteiger partial charge is 0.326 e. The molecule has 9 heteroatoms. The number of benzene rings is 1. The summed E-state index contributed by atoms with van der Waals surface area (Å²) in [6, 6.07) is 5.50. The number of amides is 3. The van der Waals surface area contributed by atoms with Crippen LogP contribution in [0.3, 0.4) is 0 Å². The van der Waals surface area contributed by atoms with E-state index in [9.17, 15) is 18.0 Å². The third-order valence-corrected chi connectivity index (χ3v) is 4.33. The maximum absolute atomic E-state index is 11.4. The molecule has 0 aromatic heterocycles. The summed E-state index contributed by atoms with van der Waals surface area (Å²) in [6.07, 6.45) is 3.49. The van der Waals surface area contributed by atoms with Crippen LogP contribution >= 0.6 is 0 Å². The molecule has 1 saturated heterocycles. The van der Waals surface area contributed by atoms with E-state index in [1.165, 1.54) is 18.2 Å². The second-order valence-electron chi connectivity index (χ2n) is 5.03. The van der Waals surface area contributed by atoms with Gasteiger partial charge in [0.2, 0.25) is 10.0 Å². The summed E-state index contributed by atoms with van der Waals surface area (Å²) < 4.78 is 28.1. The van der Waals surface area contributed by atoms with Crippen LogP contribution in [-0.4, -0.2) is 20.4 Å². The van der Waals surface area contributed by atoms with E-state index in [0.717, 1.165) is 5.56 Å². The molecule has 4 N–H and O–H groups in total. The number of urea groups is 1. The Labute approximate surface area is 132 Å². The van der Waals surface area contributed by atoms with Gasteiger partial charge in [0.05, 0.1) is 4.90 Å². The summed E-state index contributed by atoms with van der Waals surface area (Å²) in [5, 5.41) is 9.51. The van der Waals surface area contributed by atoms with Crippen molar-refractivity contribution in [3.05, 3.63) is 53.4 Å². The van der Waals surface area contributed by atoms with Crippen LogP contribution < -0.4 is 15.8 Å². The maximum atomic E-state index is 11.4. The molecule has 2 heterocycles. The van der Waals surface area contributed by atoms with Crippen LogP contribution in [0.5, 0.6) is 0 Å². The van der Waals surface area contributed by atoms with Crippen molar-refractivity contribution in [1.29, 1.82) is 0 Å². The fourth-order valence-electron chi connectivity index (χ4n) is 2.28. The Kier molecular flexibility index (Phi) is 3.66. The van der Waals surface area contributed by atoms with Gasteiger partial charge in [0.25, 0.3) is 5.91 Å². The molecule has 1 atom stereocenters. The van der Waals surface area contributed by atoms with Crippen molar-refractivity contribution in [3.63, 3.8) is 0 Å². The lowest BCUT2D eigenvalue weighted by atomic mass is 10.1. The lowest BCUT2D eigenvalue weighted by molar-refractivity contribution is -0.115. The molecular weight excluding hydrogens is 322 g/mol. The first kappa shape index (κ1) is 15.3. The number of ether oxygens (including phenoxy) is 1. The van der Waals surface area contributed by atoms with Gasteiger partial charge in [-0.15, -0.1) is 0 Å². The maximum Gasteiger partial charge on any atom is 0.326 e. The van der Waals surface area contributed by atoms with E-state index >= 15 is 0 Å². The first-order valence-electron chi connectivity index (χ1n) is 6.66. The van der Waals surface area contributed by atoms with Gasteiger partial charge in [0.1, 0.15) is 17.6 Å². The molecule has 0 spiro atoms. The van der Waals surface area contributed by atoms with Crippen molar-refractivity contribution in [2.75, 3.05) is 0 Å². The van der Waals surface area contributed by atoms with Crippen LogP contribution in [0.15, 0.2) is 52.8 Å². The highest BCUT2D eigenvalue weighted by Crippen LogP contribution is 2.32. The van der Waals surface area contributed by atoms with Crippen LogP contribution in [0.4, 0.5) is 4.79 Å². The van der Waals surface area contributed by atoms with E-state index in [1.807, 2.05) is 0 Å². The van der Waals surface area contributed by atoms with Gasteiger partial charge < -0.3 is 10.1 Å². The standard InChI is InChI=1S/C14H13N3O5S/c15-23(20,21)10-4-1-8(2-5-10)12-6-3-9(22-12)7-11-13(18)17-14(19)16-11/h1-5,7,12H,6H2,(H2,15,20,21)(H2,16,17,18,19)/b11-7-. The molecule has 3 rings (SSSR count). The highest BCUT2D eigenvalue weighted by molar-refractivity contribution is 7.89. The SMILES string of the molecule is NS(=O)(=O)c1ccc(C2CC=C(/C=C3\NC(=O)NC3=O)O2)cc1. The monoisotopic (exact) mass is 335 g/mol. The minimum absolute atomic E-state index is 0.0277. The highest BCUT2D eigenvalue weighted by atomic mass is 32.2. The van der Waals surface area contributed by atoms with Crippen molar-refractivity contribution in [1.82, 2.24) is 10.6 Å². The third-order valence-electron chi connectivity index (χ3n) is 3.40. The molecule has 1 unspecified atom stereocenters. The minimum Gasteiger partial charge on any atom is -0.486 e. The second kappa shape index (κ2) is 5.52. The number of carbonyl (C=O) groups excluding carboxylic acids is 2. The van der Waals surface area contributed by atoms with Crippen molar-refractivity contribution in [2.24, 2.45) is 5.14 Å². The molecular formula is C14H13N3O5S. The molecule has 8 nitrogen and oxygen atoms in total. The molecule has 1 fully saturated rings. The van der Waals surface area contributed by atoms with Crippen molar-refractivity contribution in [2.45, 2.75) is 17.4 Å². The summed E-state index contributed by atoms with van der Waals surface area (Å²) in [7, 11) is -3.73. The van der Waals surface area contributed by atoms with Crippen LogP contribution in [0.1, 0.15) is 18.1 Å². The predicted octanol–water partition coefficient (Wildman–Crippen LogP) is 0.403. The number of hydrogen-bond acceptors (Lipinski definition) is 5. The quantitative estimate of drug-likeness (QED) is 0.544. The molecule has 3 amide bonds. The van der Waals surface area contributed by atoms with E-state index in [-0.39, 0.29) is 16.7 Å². The van der Waals surface area contributed by atoms with Gasteiger partial charge >= 0.3 is 6.03 Å². The number of allylic oxidation sites excluding steroid dienone is 1. The molecule has 0 radical (unpaired) electrons. The fraction of sp³-hybridized carbons (Fsp3) is 0.143. The van der Waals surface area contributed by atoms with E-state index in [4.69, 9.17) is 9.88 Å². The Morgan fingerprint density at radius 1 is 1.17 bits per heavy atom. The number of primary sulfonamides is 1. The molecule has 0 saturated carbocycles. The Morgan fingerprint density at radius 3 is 2.43 bits per heavy atom. The first-order chi connectivity index (χ1) is 10.8. The molecule has 23 heavy (non-hydrogen) atoms. The van der Waals surface area contributed by atoms with Gasteiger partial charge in [-0.3, -0.25) is 10.1 Å². The van der Waals surface area contributed by atoms with Gasteiger partial charge in [-0.2, -0.15) is 0 Å². The molecule has 2 aliphatic heterocycles. The average Bonchev–Trinajstić information content (AvgIpc) is 3.06.